The fraction of sp³-hybridized carbons (Fsp3) is 0.375. The Labute approximate surface area is 151 Å². The second-order valence-electron chi connectivity index (χ2n) is 6.22. The summed E-state index contributed by atoms with van der Waals surface area (Å²) in [6.07, 6.45) is -0.0775. The van der Waals surface area contributed by atoms with Gasteiger partial charge in [-0.15, -0.1) is 0 Å². The largest absolute Gasteiger partial charge is 0.772 e. The van der Waals surface area contributed by atoms with Crippen molar-refractivity contribution in [2.24, 2.45) is 0 Å². The molecule has 2 aliphatic rings. The van der Waals surface area contributed by atoms with Gasteiger partial charge in [0, 0.05) is 23.9 Å². The number of likely N-dealkylation sites (tertiary alicyclic amines) is 1. The van der Waals surface area contributed by atoms with Gasteiger partial charge < -0.3 is 10.3 Å². The number of anilines is 1. The molecule has 3 rings (SSSR count). The smallest absolute Gasteiger partial charge is 0.264 e. The predicted molar refractivity (Wildman–Crippen MR) is 89.5 cm³/mol. The van der Waals surface area contributed by atoms with Crippen molar-refractivity contribution in [1.82, 2.24) is 9.80 Å². The summed E-state index contributed by atoms with van der Waals surface area (Å²) in [7, 11) is 0. The van der Waals surface area contributed by atoms with Crippen LogP contribution in [0.15, 0.2) is 18.2 Å². The van der Waals surface area contributed by atoms with Crippen molar-refractivity contribution >= 4 is 40.4 Å². The van der Waals surface area contributed by atoms with E-state index in [2.05, 4.69) is 0 Å². The van der Waals surface area contributed by atoms with Gasteiger partial charge in [-0.1, -0.05) is 24.1 Å². The Bertz CT molecular complexity index is 854. The van der Waals surface area contributed by atoms with Crippen LogP contribution in [-0.2, 0) is 20.7 Å². The molecule has 138 valence electrons. The zero-order valence-corrected chi connectivity index (χ0v) is 14.7. The number of fused-ring (bicyclic) bond motifs is 1. The predicted octanol–water partition coefficient (Wildman–Crippen LogP) is -0.350. The molecule has 0 aliphatic carbocycles. The molecule has 2 N–H and O–H groups in total. The quantitative estimate of drug-likeness (QED) is 0.429. The molecule has 0 saturated carbocycles. The van der Waals surface area contributed by atoms with E-state index < -0.39 is 46.0 Å². The molecule has 2 heterocycles. The summed E-state index contributed by atoms with van der Waals surface area (Å²) in [5.41, 5.74) is 6.07. The summed E-state index contributed by atoms with van der Waals surface area (Å²) < 4.78 is 22.1. The van der Waals surface area contributed by atoms with Crippen LogP contribution in [0.1, 0.15) is 40.5 Å². The van der Waals surface area contributed by atoms with E-state index in [1.54, 1.807) is 0 Å². The van der Waals surface area contributed by atoms with Crippen molar-refractivity contribution in [3.8, 4) is 0 Å². The minimum absolute atomic E-state index is 0.00557. The van der Waals surface area contributed by atoms with Crippen molar-refractivity contribution in [1.29, 1.82) is 0 Å². The van der Waals surface area contributed by atoms with Crippen molar-refractivity contribution in [2.75, 3.05) is 12.3 Å². The van der Waals surface area contributed by atoms with Crippen LogP contribution in [-0.4, -0.2) is 60.0 Å². The zero-order valence-electron chi connectivity index (χ0n) is 13.8. The third-order valence-electron chi connectivity index (χ3n) is 4.54. The Morgan fingerprint density at radius 1 is 1.27 bits per heavy atom. The number of carbonyl (C=O) groups excluding carboxylic acids is 4. The molecule has 1 saturated heterocycles. The summed E-state index contributed by atoms with van der Waals surface area (Å²) in [4.78, 5) is 51.7. The Morgan fingerprint density at radius 2 is 1.96 bits per heavy atom. The molecule has 0 aromatic heterocycles. The van der Waals surface area contributed by atoms with Gasteiger partial charge in [0.1, 0.15) is 6.04 Å². The monoisotopic (exact) mass is 378 g/mol. The van der Waals surface area contributed by atoms with E-state index in [9.17, 15) is 27.9 Å². The first-order chi connectivity index (χ1) is 12.2. The normalized spacial score (nSPS) is 22.6. The zero-order chi connectivity index (χ0) is 19.2. The first kappa shape index (κ1) is 18.2. The summed E-state index contributed by atoms with van der Waals surface area (Å²) >= 11 is -2.46. The molecule has 3 unspecified atom stereocenters. The fourth-order valence-electron chi connectivity index (χ4n) is 3.18. The van der Waals surface area contributed by atoms with Crippen LogP contribution in [0.3, 0.4) is 0 Å². The van der Waals surface area contributed by atoms with Gasteiger partial charge in [-0.25, -0.2) is 0 Å². The van der Waals surface area contributed by atoms with Crippen molar-refractivity contribution in [3.05, 3.63) is 29.3 Å². The lowest BCUT2D eigenvalue weighted by molar-refractivity contribution is -0.151. The lowest BCUT2D eigenvalue weighted by Crippen LogP contribution is -2.57. The molecule has 10 heteroatoms. The third-order valence-corrected chi connectivity index (χ3v) is 5.35. The molecule has 1 aromatic rings. The molecule has 9 nitrogen and oxygen atoms in total. The highest BCUT2D eigenvalue weighted by molar-refractivity contribution is 7.79. The van der Waals surface area contributed by atoms with Gasteiger partial charge in [0.15, 0.2) is 0 Å². The van der Waals surface area contributed by atoms with Crippen LogP contribution >= 0.6 is 0 Å². The van der Waals surface area contributed by atoms with E-state index in [1.165, 1.54) is 25.1 Å². The van der Waals surface area contributed by atoms with Crippen LogP contribution in [0.25, 0.3) is 0 Å². The van der Waals surface area contributed by atoms with Gasteiger partial charge in [-0.3, -0.25) is 33.2 Å². The lowest BCUT2D eigenvalue weighted by atomic mass is 10.0. The van der Waals surface area contributed by atoms with E-state index >= 15 is 0 Å². The Morgan fingerprint density at radius 3 is 2.58 bits per heavy atom. The third kappa shape index (κ3) is 2.80. The summed E-state index contributed by atoms with van der Waals surface area (Å²) in [6, 6.07) is 3.31. The highest BCUT2D eigenvalue weighted by Gasteiger charge is 2.47. The van der Waals surface area contributed by atoms with E-state index in [1.807, 2.05) is 0 Å². The molecule has 0 bridgehead atoms. The van der Waals surface area contributed by atoms with Crippen molar-refractivity contribution in [2.45, 2.75) is 31.1 Å². The molecule has 1 fully saturated rings. The second kappa shape index (κ2) is 6.61. The number of hydrogen-bond donors (Lipinski definition) is 1. The van der Waals surface area contributed by atoms with Crippen LogP contribution in [0.2, 0.25) is 0 Å². The summed E-state index contributed by atoms with van der Waals surface area (Å²) in [6.45, 7) is 1.03. The molecule has 1 aromatic carbocycles. The maximum Gasteiger partial charge on any atom is 0.264 e. The fourth-order valence-corrected chi connectivity index (χ4v) is 3.45. The molecule has 2 aliphatic heterocycles. The van der Waals surface area contributed by atoms with Crippen LogP contribution in [0, 0.1) is 0 Å². The number of piperidine rings is 1. The SMILES string of the molecule is CC(CN1C(=O)CCC(N2C(=O)c3cccc(N)c3C2=O)C1=O)S(=O)[O-]. The summed E-state index contributed by atoms with van der Waals surface area (Å²) in [5, 5.41) is -0.959. The standard InChI is InChI=1S/C16H17N3O6S/c1-8(26(24)25)7-18-12(20)6-5-11(15(18)22)19-14(21)9-3-2-4-10(17)13(9)16(19)23/h2-4,8,11H,5-7,17H2,1H3,(H,24,25)/p-1. The van der Waals surface area contributed by atoms with E-state index in [-0.39, 0.29) is 36.2 Å². The number of carbonyl (C=O) groups is 4. The Balaban J connectivity index is 1.90. The number of nitrogen functional groups attached to an aromatic ring is 1. The highest BCUT2D eigenvalue weighted by Crippen LogP contribution is 2.32. The van der Waals surface area contributed by atoms with Crippen molar-refractivity contribution in [3.63, 3.8) is 0 Å². The topological polar surface area (TPSA) is 141 Å². The van der Waals surface area contributed by atoms with Gasteiger partial charge in [-0.2, -0.15) is 0 Å². The number of hydrogen-bond acceptors (Lipinski definition) is 7. The lowest BCUT2D eigenvalue weighted by Gasteiger charge is -2.35. The van der Waals surface area contributed by atoms with Gasteiger partial charge in [0.2, 0.25) is 5.91 Å². The molecular formula is C16H16N3O6S-. The van der Waals surface area contributed by atoms with Crippen LogP contribution in [0.5, 0.6) is 0 Å². The maximum absolute atomic E-state index is 12.7. The number of amides is 4. The number of nitrogens with two attached hydrogens (primary N) is 1. The van der Waals surface area contributed by atoms with Gasteiger partial charge in [0.05, 0.1) is 11.1 Å². The number of benzene rings is 1. The van der Waals surface area contributed by atoms with E-state index in [4.69, 9.17) is 5.73 Å². The first-order valence-electron chi connectivity index (χ1n) is 7.92. The second-order valence-corrected chi connectivity index (χ2v) is 7.54. The molecule has 26 heavy (non-hydrogen) atoms. The van der Waals surface area contributed by atoms with Crippen LogP contribution in [0.4, 0.5) is 5.69 Å². The summed E-state index contributed by atoms with van der Waals surface area (Å²) in [5.74, 6) is -2.62. The first-order valence-corrected chi connectivity index (χ1v) is 9.06. The number of imide groups is 2. The maximum atomic E-state index is 12.7. The Hall–Kier alpha value is -2.59. The number of rotatable bonds is 4. The van der Waals surface area contributed by atoms with Crippen LogP contribution < -0.4 is 5.73 Å². The number of nitrogens with zero attached hydrogens (tertiary/aromatic N) is 2. The minimum atomic E-state index is -2.46. The average molecular weight is 378 g/mol. The molecule has 3 atom stereocenters. The van der Waals surface area contributed by atoms with Gasteiger partial charge in [0.25, 0.3) is 17.7 Å². The van der Waals surface area contributed by atoms with Gasteiger partial charge >= 0.3 is 0 Å². The van der Waals surface area contributed by atoms with E-state index in [0.717, 1.165) is 9.80 Å². The minimum Gasteiger partial charge on any atom is -0.772 e. The molecular weight excluding hydrogens is 362 g/mol. The van der Waals surface area contributed by atoms with Crippen molar-refractivity contribution < 1.29 is 27.9 Å². The molecule has 0 spiro atoms. The molecule has 0 radical (unpaired) electrons. The van der Waals surface area contributed by atoms with Gasteiger partial charge in [-0.05, 0) is 18.6 Å². The molecule has 4 amide bonds. The Kier molecular flexibility index (Phi) is 4.63. The highest BCUT2D eigenvalue weighted by atomic mass is 32.2. The average Bonchev–Trinajstić information content (AvgIpc) is 2.84. The van der Waals surface area contributed by atoms with E-state index in [0.29, 0.717) is 0 Å².